The first-order valence-corrected chi connectivity index (χ1v) is 15.5. The van der Waals surface area contributed by atoms with Gasteiger partial charge in [-0.3, -0.25) is 4.79 Å². The normalized spacial score (nSPS) is 16.5. The van der Waals surface area contributed by atoms with Gasteiger partial charge in [0.05, 0.1) is 13.7 Å². The number of likely N-dealkylation sites (tertiary alicyclic amines) is 1. The van der Waals surface area contributed by atoms with E-state index in [1.807, 2.05) is 56.5 Å². The van der Waals surface area contributed by atoms with Crippen molar-refractivity contribution in [1.82, 2.24) is 4.90 Å². The smallest absolute Gasteiger partial charge is 0.415 e. The summed E-state index contributed by atoms with van der Waals surface area (Å²) in [5.41, 5.74) is 1.98. The van der Waals surface area contributed by atoms with E-state index in [0.717, 1.165) is 21.6 Å². The summed E-state index contributed by atoms with van der Waals surface area (Å²) in [6.07, 6.45) is 1.47. The molecule has 8 nitrogen and oxygen atoms in total. The fourth-order valence-electron chi connectivity index (χ4n) is 5.30. The van der Waals surface area contributed by atoms with E-state index < -0.39 is 23.6 Å². The first-order valence-electron chi connectivity index (χ1n) is 14.2. The molecule has 4 rings (SSSR count). The Bertz CT molecular complexity index is 1440. The first kappa shape index (κ1) is 31.9. The van der Waals surface area contributed by atoms with Crippen LogP contribution in [-0.4, -0.2) is 61.4 Å². The van der Waals surface area contributed by atoms with Crippen LogP contribution in [0.3, 0.4) is 0 Å². The molecule has 0 aliphatic carbocycles. The molecule has 9 heteroatoms. The van der Waals surface area contributed by atoms with E-state index >= 15 is 0 Å². The minimum absolute atomic E-state index is 0.0310. The molecule has 0 saturated carbocycles. The van der Waals surface area contributed by atoms with Gasteiger partial charge in [-0.05, 0) is 94.0 Å². The van der Waals surface area contributed by atoms with Gasteiger partial charge in [0.1, 0.15) is 17.2 Å². The maximum atomic E-state index is 13.9. The second-order valence-electron chi connectivity index (χ2n) is 11.1. The maximum Gasteiger partial charge on any atom is 0.415 e. The summed E-state index contributed by atoms with van der Waals surface area (Å²) < 4.78 is 22.2. The Balaban J connectivity index is 1.64. The van der Waals surface area contributed by atoms with Gasteiger partial charge in [0.2, 0.25) is 0 Å². The van der Waals surface area contributed by atoms with Gasteiger partial charge in [-0.25, -0.2) is 9.59 Å². The zero-order chi connectivity index (χ0) is 31.3. The number of carbonyl (C=O) groups is 3. The Kier molecular flexibility index (Phi) is 10.1. The fourth-order valence-corrected chi connectivity index (χ4v) is 5.70. The van der Waals surface area contributed by atoms with Gasteiger partial charge >= 0.3 is 12.1 Å². The van der Waals surface area contributed by atoms with Crippen LogP contribution in [0.1, 0.15) is 53.7 Å². The van der Waals surface area contributed by atoms with Crippen molar-refractivity contribution < 1.29 is 33.3 Å². The molecule has 0 bridgehead atoms. The lowest BCUT2D eigenvalue weighted by Gasteiger charge is -2.27. The summed E-state index contributed by atoms with van der Waals surface area (Å²) >= 11 is 1.61. The molecule has 0 radical (unpaired) electrons. The number of thioether (sulfide) groups is 1. The molecule has 0 N–H and O–H groups in total. The summed E-state index contributed by atoms with van der Waals surface area (Å²) in [6, 6.07) is 18.3. The molecule has 3 aromatic rings. The zero-order valence-electron chi connectivity index (χ0n) is 25.8. The van der Waals surface area contributed by atoms with Gasteiger partial charge in [0, 0.05) is 35.4 Å². The molecular weight excluding hydrogens is 566 g/mol. The molecule has 1 saturated heterocycles. The summed E-state index contributed by atoms with van der Waals surface area (Å²) in [6.45, 7) is 9.72. The van der Waals surface area contributed by atoms with E-state index in [4.69, 9.17) is 18.9 Å². The number of hydrogen-bond acceptors (Lipinski definition) is 8. The van der Waals surface area contributed by atoms with Gasteiger partial charge in [0.15, 0.2) is 11.4 Å². The standard InChI is InChI=1S/C34H39NO7S/c1-8-40-32(37)34(4,5)42-31-21(2)17-24(18-22(31)3)28-19-35(33(38)41-26-13-11-25(39-6)12-14-26)20-29(28)30(36)23-9-15-27(43-7)16-10-23/h9-18,28-29H,8,19-20H2,1-7H3/t28-,29?/m1/s1. The van der Waals surface area contributed by atoms with Gasteiger partial charge in [-0.2, -0.15) is 0 Å². The fraction of sp³-hybridized carbons (Fsp3) is 0.382. The third-order valence-corrected chi connectivity index (χ3v) is 8.33. The second kappa shape index (κ2) is 13.5. The van der Waals surface area contributed by atoms with Crippen LogP contribution < -0.4 is 14.2 Å². The third-order valence-electron chi connectivity index (χ3n) is 7.59. The molecule has 1 heterocycles. The van der Waals surface area contributed by atoms with Crippen molar-refractivity contribution >= 4 is 29.6 Å². The second-order valence-corrected chi connectivity index (χ2v) is 12.0. The van der Waals surface area contributed by atoms with E-state index in [0.29, 0.717) is 29.4 Å². The number of nitrogens with zero attached hydrogens (tertiary/aromatic N) is 1. The first-order chi connectivity index (χ1) is 20.5. The van der Waals surface area contributed by atoms with Crippen molar-refractivity contribution in [3.63, 3.8) is 0 Å². The monoisotopic (exact) mass is 605 g/mol. The SMILES string of the molecule is CCOC(=O)C(C)(C)Oc1c(C)cc([C@H]2CN(C(=O)Oc3ccc(OC)cc3)CC2C(=O)c2ccc(SC)cc2)cc1C. The molecule has 3 aromatic carbocycles. The number of methoxy groups -OCH3 is 1. The molecule has 1 aliphatic heterocycles. The molecule has 228 valence electrons. The highest BCUT2D eigenvalue weighted by Crippen LogP contribution is 2.39. The minimum atomic E-state index is -1.18. The van der Waals surface area contributed by atoms with Gasteiger partial charge in [-0.15, -0.1) is 11.8 Å². The highest BCUT2D eigenvalue weighted by Gasteiger charge is 2.42. The summed E-state index contributed by atoms with van der Waals surface area (Å²) in [7, 11) is 1.57. The van der Waals surface area contributed by atoms with E-state index in [2.05, 4.69) is 0 Å². The van der Waals surface area contributed by atoms with Crippen LogP contribution in [-0.2, 0) is 9.53 Å². The zero-order valence-corrected chi connectivity index (χ0v) is 26.6. The average Bonchev–Trinajstić information content (AvgIpc) is 3.45. The number of esters is 1. The van der Waals surface area contributed by atoms with Crippen molar-refractivity contribution in [3.8, 4) is 17.2 Å². The number of rotatable bonds is 10. The molecule has 1 amide bonds. The summed E-state index contributed by atoms with van der Waals surface area (Å²) in [5, 5.41) is 0. The summed E-state index contributed by atoms with van der Waals surface area (Å²) in [4.78, 5) is 42.3. The van der Waals surface area contributed by atoms with Crippen LogP contribution in [0.15, 0.2) is 65.6 Å². The topological polar surface area (TPSA) is 91.4 Å². The molecular formula is C34H39NO7S. The predicted octanol–water partition coefficient (Wildman–Crippen LogP) is 6.85. The Hall–Kier alpha value is -3.98. The van der Waals surface area contributed by atoms with Crippen molar-refractivity contribution in [2.24, 2.45) is 5.92 Å². The number of amides is 1. The molecule has 2 atom stereocenters. The van der Waals surface area contributed by atoms with Crippen molar-refractivity contribution in [2.45, 2.75) is 51.0 Å². The highest BCUT2D eigenvalue weighted by molar-refractivity contribution is 7.98. The van der Waals surface area contributed by atoms with Crippen molar-refractivity contribution in [1.29, 1.82) is 0 Å². The number of ketones is 1. The van der Waals surface area contributed by atoms with E-state index in [9.17, 15) is 14.4 Å². The largest absolute Gasteiger partial charge is 0.497 e. The quantitative estimate of drug-likeness (QED) is 0.141. The van der Waals surface area contributed by atoms with Crippen LogP contribution in [0.5, 0.6) is 17.2 Å². The molecule has 1 unspecified atom stereocenters. The Morgan fingerprint density at radius 3 is 2.09 bits per heavy atom. The number of aryl methyl sites for hydroxylation is 2. The number of ether oxygens (including phenoxy) is 4. The van der Waals surface area contributed by atoms with Crippen molar-refractivity contribution in [2.75, 3.05) is 33.1 Å². The molecule has 1 fully saturated rings. The number of hydrogen-bond donors (Lipinski definition) is 0. The van der Waals surface area contributed by atoms with Gasteiger partial charge in [0.25, 0.3) is 0 Å². The lowest BCUT2D eigenvalue weighted by atomic mass is 9.82. The van der Waals surface area contributed by atoms with Crippen LogP contribution in [0, 0.1) is 19.8 Å². The molecule has 43 heavy (non-hydrogen) atoms. The number of Topliss-reactive ketones (excluding diaryl/α,β-unsaturated/α-hetero) is 1. The lowest BCUT2D eigenvalue weighted by Crippen LogP contribution is -2.40. The molecule has 0 aromatic heterocycles. The molecule has 1 aliphatic rings. The Labute approximate surface area is 257 Å². The van der Waals surface area contributed by atoms with Crippen LogP contribution >= 0.6 is 11.8 Å². The number of benzene rings is 3. The minimum Gasteiger partial charge on any atom is -0.497 e. The van der Waals surface area contributed by atoms with Crippen molar-refractivity contribution in [3.05, 3.63) is 82.9 Å². The Morgan fingerprint density at radius 2 is 1.53 bits per heavy atom. The van der Waals surface area contributed by atoms with E-state index in [-0.39, 0.29) is 24.9 Å². The van der Waals surface area contributed by atoms with Crippen LogP contribution in [0.25, 0.3) is 0 Å². The predicted molar refractivity (Wildman–Crippen MR) is 167 cm³/mol. The lowest BCUT2D eigenvalue weighted by molar-refractivity contribution is -0.158. The summed E-state index contributed by atoms with van der Waals surface area (Å²) in [5.74, 6) is 0.399. The van der Waals surface area contributed by atoms with Crippen LogP contribution in [0.2, 0.25) is 0 Å². The van der Waals surface area contributed by atoms with Gasteiger partial charge in [-0.1, -0.05) is 24.3 Å². The van der Waals surface area contributed by atoms with Gasteiger partial charge < -0.3 is 23.8 Å². The number of carbonyl (C=O) groups excluding carboxylic acids is 3. The van der Waals surface area contributed by atoms with Crippen LogP contribution in [0.4, 0.5) is 4.79 Å². The Morgan fingerprint density at radius 1 is 0.930 bits per heavy atom. The van der Waals surface area contributed by atoms with E-state index in [1.54, 1.807) is 68.8 Å². The highest BCUT2D eigenvalue weighted by atomic mass is 32.2. The third kappa shape index (κ3) is 7.33. The maximum absolute atomic E-state index is 13.9. The molecule has 0 spiro atoms. The van der Waals surface area contributed by atoms with E-state index in [1.165, 1.54) is 0 Å². The average molecular weight is 606 g/mol.